The number of amides is 2. The van der Waals surface area contributed by atoms with Gasteiger partial charge < -0.3 is 19.7 Å². The normalized spacial score (nSPS) is 26.6. The van der Waals surface area contributed by atoms with Gasteiger partial charge in [0.15, 0.2) is 5.79 Å². The van der Waals surface area contributed by atoms with Crippen LogP contribution in [0.4, 0.5) is 9.18 Å². The third-order valence-corrected chi connectivity index (χ3v) is 5.41. The summed E-state index contributed by atoms with van der Waals surface area (Å²) in [6.07, 6.45) is 3.74. The van der Waals surface area contributed by atoms with E-state index in [9.17, 15) is 9.18 Å². The topological polar surface area (TPSA) is 50.8 Å². The van der Waals surface area contributed by atoms with E-state index in [1.54, 1.807) is 12.1 Å². The van der Waals surface area contributed by atoms with Crippen LogP contribution < -0.4 is 5.32 Å². The molecule has 2 saturated heterocycles. The standard InChI is InChI=1S/C19H25FN2O3/c1-13-12-24-19(25-13)8-10-22(11-9-19)18(23)21-17(14-2-3-14)15-4-6-16(20)7-5-15/h4-7,13-14,17H,2-3,8-12H2,1H3,(H,21,23). The first kappa shape index (κ1) is 16.8. The van der Waals surface area contributed by atoms with Crippen LogP contribution >= 0.6 is 0 Å². The van der Waals surface area contributed by atoms with E-state index >= 15 is 0 Å². The highest BCUT2D eigenvalue weighted by Crippen LogP contribution is 2.41. The molecule has 1 aromatic carbocycles. The van der Waals surface area contributed by atoms with E-state index in [1.807, 2.05) is 11.8 Å². The molecular formula is C19H25FN2O3. The number of carbonyl (C=O) groups is 1. The van der Waals surface area contributed by atoms with Crippen LogP contribution in [0.15, 0.2) is 24.3 Å². The van der Waals surface area contributed by atoms with Crippen LogP contribution in [0.3, 0.4) is 0 Å². The molecule has 6 heteroatoms. The molecule has 4 rings (SSSR count). The van der Waals surface area contributed by atoms with Crippen molar-refractivity contribution < 1.29 is 18.7 Å². The lowest BCUT2D eigenvalue weighted by atomic mass is 10.0. The van der Waals surface area contributed by atoms with Gasteiger partial charge in [0.2, 0.25) is 0 Å². The monoisotopic (exact) mass is 348 g/mol. The highest BCUT2D eigenvalue weighted by atomic mass is 19.1. The van der Waals surface area contributed by atoms with Crippen LogP contribution in [0.5, 0.6) is 0 Å². The second kappa shape index (κ2) is 6.57. The van der Waals surface area contributed by atoms with Gasteiger partial charge >= 0.3 is 6.03 Å². The molecule has 1 N–H and O–H groups in total. The average Bonchev–Trinajstić information content (AvgIpc) is 3.39. The Labute approximate surface area is 147 Å². The van der Waals surface area contributed by atoms with Crippen molar-refractivity contribution in [2.24, 2.45) is 5.92 Å². The lowest BCUT2D eigenvalue weighted by molar-refractivity contribution is -0.189. The van der Waals surface area contributed by atoms with Crippen molar-refractivity contribution in [1.82, 2.24) is 10.2 Å². The van der Waals surface area contributed by atoms with Gasteiger partial charge in [0.1, 0.15) is 5.82 Å². The Bertz CT molecular complexity index is 624. The maximum Gasteiger partial charge on any atom is 0.317 e. The average molecular weight is 348 g/mol. The van der Waals surface area contributed by atoms with Gasteiger partial charge in [-0.25, -0.2) is 9.18 Å². The molecule has 2 atom stereocenters. The minimum Gasteiger partial charge on any atom is -0.347 e. The lowest BCUT2D eigenvalue weighted by Crippen LogP contribution is -2.51. The van der Waals surface area contributed by atoms with Gasteiger partial charge in [-0.15, -0.1) is 0 Å². The van der Waals surface area contributed by atoms with Gasteiger partial charge in [-0.05, 0) is 43.4 Å². The number of likely N-dealkylation sites (tertiary alicyclic amines) is 1. The Kier molecular flexibility index (Phi) is 4.41. The summed E-state index contributed by atoms with van der Waals surface area (Å²) in [6, 6.07) is 6.36. The van der Waals surface area contributed by atoms with Crippen LogP contribution in [-0.4, -0.2) is 42.5 Å². The van der Waals surface area contributed by atoms with Crippen LogP contribution in [0.1, 0.15) is 44.2 Å². The predicted octanol–water partition coefficient (Wildman–Crippen LogP) is 3.21. The molecule has 25 heavy (non-hydrogen) atoms. The van der Waals surface area contributed by atoms with Gasteiger partial charge in [0.25, 0.3) is 0 Å². The predicted molar refractivity (Wildman–Crippen MR) is 90.4 cm³/mol. The molecule has 1 spiro atoms. The highest BCUT2D eigenvalue weighted by molar-refractivity contribution is 5.75. The van der Waals surface area contributed by atoms with Crippen LogP contribution in [0, 0.1) is 11.7 Å². The summed E-state index contributed by atoms with van der Waals surface area (Å²) in [5.74, 6) is -0.298. The summed E-state index contributed by atoms with van der Waals surface area (Å²) in [4.78, 5) is 14.5. The summed E-state index contributed by atoms with van der Waals surface area (Å²) >= 11 is 0. The Morgan fingerprint density at radius 3 is 2.52 bits per heavy atom. The number of carbonyl (C=O) groups excluding carboxylic acids is 1. The van der Waals surface area contributed by atoms with Crippen molar-refractivity contribution in [2.45, 2.75) is 50.5 Å². The largest absolute Gasteiger partial charge is 0.347 e. The summed E-state index contributed by atoms with van der Waals surface area (Å²) in [5, 5.41) is 3.16. The molecule has 0 bridgehead atoms. The molecule has 3 fully saturated rings. The van der Waals surface area contributed by atoms with Crippen molar-refractivity contribution in [3.8, 4) is 0 Å². The van der Waals surface area contributed by atoms with E-state index in [4.69, 9.17) is 9.47 Å². The molecule has 1 aliphatic carbocycles. The van der Waals surface area contributed by atoms with E-state index in [0.29, 0.717) is 38.5 Å². The number of urea groups is 1. The first-order valence-corrected chi connectivity index (χ1v) is 9.17. The fourth-order valence-corrected chi connectivity index (χ4v) is 3.81. The highest BCUT2D eigenvalue weighted by Gasteiger charge is 2.44. The van der Waals surface area contributed by atoms with Gasteiger partial charge in [0.05, 0.1) is 18.8 Å². The molecule has 2 amide bonds. The van der Waals surface area contributed by atoms with Crippen molar-refractivity contribution in [1.29, 1.82) is 0 Å². The van der Waals surface area contributed by atoms with Crippen molar-refractivity contribution in [3.63, 3.8) is 0 Å². The zero-order valence-electron chi connectivity index (χ0n) is 14.5. The van der Waals surface area contributed by atoms with E-state index in [2.05, 4.69) is 5.32 Å². The van der Waals surface area contributed by atoms with Gasteiger partial charge in [-0.3, -0.25) is 0 Å². The Morgan fingerprint density at radius 2 is 1.96 bits per heavy atom. The fraction of sp³-hybridized carbons (Fsp3) is 0.632. The number of nitrogens with zero attached hydrogens (tertiary/aromatic N) is 1. The quantitative estimate of drug-likeness (QED) is 0.912. The molecule has 2 heterocycles. The molecule has 5 nitrogen and oxygen atoms in total. The summed E-state index contributed by atoms with van der Waals surface area (Å²) in [5.41, 5.74) is 0.974. The molecule has 136 valence electrons. The zero-order valence-corrected chi connectivity index (χ0v) is 14.5. The zero-order chi connectivity index (χ0) is 17.4. The first-order valence-electron chi connectivity index (χ1n) is 9.17. The van der Waals surface area contributed by atoms with E-state index < -0.39 is 5.79 Å². The number of nitrogens with one attached hydrogen (secondary N) is 1. The number of ether oxygens (including phenoxy) is 2. The first-order chi connectivity index (χ1) is 12.0. The molecule has 0 radical (unpaired) electrons. The minimum atomic E-state index is -0.497. The number of rotatable bonds is 3. The summed E-state index contributed by atoms with van der Waals surface area (Å²) in [7, 11) is 0. The van der Waals surface area contributed by atoms with Gasteiger partial charge in [-0.2, -0.15) is 0 Å². The maximum atomic E-state index is 13.2. The molecule has 2 unspecified atom stereocenters. The molecule has 2 aliphatic heterocycles. The Morgan fingerprint density at radius 1 is 1.28 bits per heavy atom. The van der Waals surface area contributed by atoms with Crippen LogP contribution in [0.25, 0.3) is 0 Å². The SMILES string of the molecule is CC1COC2(CCN(C(=O)NC(c3ccc(F)cc3)C3CC3)CC2)O1. The molecule has 0 aromatic heterocycles. The summed E-state index contributed by atoms with van der Waals surface area (Å²) < 4.78 is 24.9. The molecule has 1 aromatic rings. The number of halogens is 1. The fourth-order valence-electron chi connectivity index (χ4n) is 3.81. The van der Waals surface area contributed by atoms with E-state index in [0.717, 1.165) is 18.4 Å². The lowest BCUT2D eigenvalue weighted by Gasteiger charge is -2.38. The smallest absolute Gasteiger partial charge is 0.317 e. The Hall–Kier alpha value is -1.66. The van der Waals surface area contributed by atoms with Gasteiger partial charge in [-0.1, -0.05) is 12.1 Å². The van der Waals surface area contributed by atoms with Crippen molar-refractivity contribution in [3.05, 3.63) is 35.6 Å². The van der Waals surface area contributed by atoms with Crippen molar-refractivity contribution >= 4 is 6.03 Å². The van der Waals surface area contributed by atoms with Crippen LogP contribution in [-0.2, 0) is 9.47 Å². The molecular weight excluding hydrogens is 323 g/mol. The number of benzene rings is 1. The van der Waals surface area contributed by atoms with E-state index in [-0.39, 0.29) is 24.0 Å². The number of piperidine rings is 1. The maximum absolute atomic E-state index is 13.2. The van der Waals surface area contributed by atoms with Gasteiger partial charge in [0, 0.05) is 25.9 Å². The molecule has 1 saturated carbocycles. The van der Waals surface area contributed by atoms with Crippen LogP contribution in [0.2, 0.25) is 0 Å². The second-order valence-corrected chi connectivity index (χ2v) is 7.45. The molecule has 3 aliphatic rings. The minimum absolute atomic E-state index is 0.0389. The number of hydrogen-bond donors (Lipinski definition) is 1. The van der Waals surface area contributed by atoms with E-state index in [1.165, 1.54) is 12.1 Å². The Balaban J connectivity index is 1.37. The van der Waals surface area contributed by atoms with Crippen molar-refractivity contribution in [2.75, 3.05) is 19.7 Å². The third-order valence-electron chi connectivity index (χ3n) is 5.41. The number of hydrogen-bond acceptors (Lipinski definition) is 3. The second-order valence-electron chi connectivity index (χ2n) is 7.45. The summed E-state index contributed by atoms with van der Waals surface area (Å²) in [6.45, 7) is 3.88. The third kappa shape index (κ3) is 3.65.